The van der Waals surface area contributed by atoms with Gasteiger partial charge >= 0.3 is 0 Å². The lowest BCUT2D eigenvalue weighted by atomic mass is 10.2. The van der Waals surface area contributed by atoms with Crippen LogP contribution >= 0.6 is 0 Å². The van der Waals surface area contributed by atoms with E-state index in [1.165, 1.54) is 6.26 Å². The van der Waals surface area contributed by atoms with Gasteiger partial charge in [-0.05, 0) is 0 Å². The third kappa shape index (κ3) is 1.72. The minimum absolute atomic E-state index is 0.102. The lowest BCUT2D eigenvalue weighted by Crippen LogP contribution is -2.16. The Hall–Kier alpha value is -0.710. The molecule has 0 aliphatic carbocycles. The number of nitrogens with one attached hydrogen (secondary N) is 1. The molecular formula is C7H13NO3S. The van der Waals surface area contributed by atoms with Gasteiger partial charge in [-0.3, -0.25) is 0 Å². The maximum atomic E-state index is 11.1. The summed E-state index contributed by atoms with van der Waals surface area (Å²) in [6.07, 6.45) is 1.17. The first-order valence-corrected chi connectivity index (χ1v) is 5.63. The summed E-state index contributed by atoms with van der Waals surface area (Å²) in [6, 6.07) is 0. The molecular weight excluding hydrogens is 178 g/mol. The summed E-state index contributed by atoms with van der Waals surface area (Å²) >= 11 is 0. The molecule has 1 heterocycles. The molecule has 0 fully saturated rings. The highest BCUT2D eigenvalue weighted by Crippen LogP contribution is 2.21. The lowest BCUT2D eigenvalue weighted by Gasteiger charge is -2.06. The van der Waals surface area contributed by atoms with Gasteiger partial charge in [0.2, 0.25) is 0 Å². The number of hydrogen-bond acceptors (Lipinski definition) is 4. The van der Waals surface area contributed by atoms with Crippen molar-refractivity contribution in [2.75, 3.05) is 13.0 Å². The van der Waals surface area contributed by atoms with Crippen LogP contribution in [0.3, 0.4) is 0 Å². The van der Waals surface area contributed by atoms with Crippen LogP contribution in [0.5, 0.6) is 0 Å². The van der Waals surface area contributed by atoms with Crippen molar-refractivity contribution in [3.05, 3.63) is 10.8 Å². The Labute approximate surface area is 72.5 Å². The van der Waals surface area contributed by atoms with Crippen molar-refractivity contribution in [2.45, 2.75) is 13.8 Å². The average Bonchev–Trinajstić information content (AvgIpc) is 2.30. The zero-order chi connectivity index (χ0) is 9.35. The normalized spacial score (nSPS) is 18.0. The molecule has 0 aromatic heterocycles. The first-order valence-electron chi connectivity index (χ1n) is 3.74. The molecule has 1 aliphatic rings. The fourth-order valence-electron chi connectivity index (χ4n) is 1.07. The summed E-state index contributed by atoms with van der Waals surface area (Å²) in [5.74, 6) is 0.641. The van der Waals surface area contributed by atoms with E-state index < -0.39 is 9.84 Å². The van der Waals surface area contributed by atoms with Crippen molar-refractivity contribution < 1.29 is 13.2 Å². The Bertz CT molecular complexity index is 303. The second-order valence-electron chi connectivity index (χ2n) is 3.09. The Morgan fingerprint density at radius 2 is 2.08 bits per heavy atom. The van der Waals surface area contributed by atoms with Crippen molar-refractivity contribution >= 4 is 9.84 Å². The van der Waals surface area contributed by atoms with E-state index in [4.69, 9.17) is 4.74 Å². The van der Waals surface area contributed by atoms with E-state index in [2.05, 4.69) is 5.32 Å². The Morgan fingerprint density at radius 1 is 1.50 bits per heavy atom. The predicted molar refractivity (Wildman–Crippen MR) is 45.8 cm³/mol. The molecule has 0 spiro atoms. The maximum Gasteiger partial charge on any atom is 0.193 e. The van der Waals surface area contributed by atoms with E-state index in [9.17, 15) is 8.42 Å². The molecule has 5 heteroatoms. The molecule has 1 rings (SSSR count). The van der Waals surface area contributed by atoms with Crippen LogP contribution in [0.4, 0.5) is 0 Å². The lowest BCUT2D eigenvalue weighted by molar-refractivity contribution is 0.206. The van der Waals surface area contributed by atoms with Gasteiger partial charge in [0.05, 0.1) is 0 Å². The van der Waals surface area contributed by atoms with Gasteiger partial charge in [-0.2, -0.15) is 0 Å². The van der Waals surface area contributed by atoms with Crippen molar-refractivity contribution in [3.63, 3.8) is 0 Å². The molecule has 70 valence electrons. The second kappa shape index (κ2) is 2.97. The van der Waals surface area contributed by atoms with Gasteiger partial charge in [0.15, 0.2) is 21.6 Å². The molecule has 0 radical (unpaired) electrons. The molecule has 0 amide bonds. The number of allylic oxidation sites excluding steroid dienone is 1. The summed E-state index contributed by atoms with van der Waals surface area (Å²) in [5, 5.41) is 2.93. The van der Waals surface area contributed by atoms with E-state index in [0.717, 1.165) is 0 Å². The Morgan fingerprint density at radius 3 is 2.42 bits per heavy atom. The van der Waals surface area contributed by atoms with Gasteiger partial charge < -0.3 is 10.1 Å². The predicted octanol–water partition coefficient (Wildman–Crippen LogP) is 0.433. The van der Waals surface area contributed by atoms with Crippen molar-refractivity contribution in [3.8, 4) is 0 Å². The third-order valence-corrected chi connectivity index (χ3v) is 2.67. The number of hydrogen-bond donors (Lipinski definition) is 1. The minimum Gasteiger partial charge on any atom is -0.474 e. The Kier molecular flexibility index (Phi) is 2.32. The van der Waals surface area contributed by atoms with Crippen LogP contribution < -0.4 is 5.32 Å². The van der Waals surface area contributed by atoms with Gasteiger partial charge in [-0.15, -0.1) is 0 Å². The molecule has 0 aromatic rings. The standard InChI is InChI=1S/C7H13NO3S/c1-5(2)6-7(8-4-11-6)12(3,9)10/h5,8H,4H2,1-3H3. The summed E-state index contributed by atoms with van der Waals surface area (Å²) in [4.78, 5) is 0. The average molecular weight is 191 g/mol. The summed E-state index contributed by atoms with van der Waals surface area (Å²) in [6.45, 7) is 4.05. The van der Waals surface area contributed by atoms with Gasteiger partial charge in [0, 0.05) is 12.2 Å². The topological polar surface area (TPSA) is 55.4 Å². The molecule has 4 nitrogen and oxygen atoms in total. The fraction of sp³-hybridized carbons (Fsp3) is 0.714. The second-order valence-corrected chi connectivity index (χ2v) is 5.04. The van der Waals surface area contributed by atoms with Crippen LogP contribution in [0.2, 0.25) is 0 Å². The van der Waals surface area contributed by atoms with Gasteiger partial charge in [0.1, 0.15) is 5.76 Å². The molecule has 0 saturated carbocycles. The van der Waals surface area contributed by atoms with Gasteiger partial charge in [-0.25, -0.2) is 8.42 Å². The largest absolute Gasteiger partial charge is 0.474 e. The van der Waals surface area contributed by atoms with Crippen LogP contribution in [0.15, 0.2) is 10.8 Å². The van der Waals surface area contributed by atoms with E-state index in [-0.39, 0.29) is 17.7 Å². The summed E-state index contributed by atoms with van der Waals surface area (Å²) in [5.41, 5.74) is 0. The maximum absolute atomic E-state index is 11.1. The zero-order valence-corrected chi connectivity index (χ0v) is 8.23. The zero-order valence-electron chi connectivity index (χ0n) is 7.42. The van der Waals surface area contributed by atoms with Crippen LogP contribution in [-0.4, -0.2) is 21.4 Å². The minimum atomic E-state index is -3.15. The molecule has 12 heavy (non-hydrogen) atoms. The van der Waals surface area contributed by atoms with Crippen LogP contribution in [0.25, 0.3) is 0 Å². The van der Waals surface area contributed by atoms with E-state index in [0.29, 0.717) is 5.76 Å². The van der Waals surface area contributed by atoms with Crippen LogP contribution in [0.1, 0.15) is 13.8 Å². The van der Waals surface area contributed by atoms with Gasteiger partial charge in [0.25, 0.3) is 0 Å². The van der Waals surface area contributed by atoms with Crippen molar-refractivity contribution in [2.24, 2.45) is 5.92 Å². The van der Waals surface area contributed by atoms with E-state index in [1.54, 1.807) is 0 Å². The van der Waals surface area contributed by atoms with Crippen molar-refractivity contribution in [1.82, 2.24) is 5.32 Å². The molecule has 0 saturated heterocycles. The molecule has 0 unspecified atom stereocenters. The molecule has 1 N–H and O–H groups in total. The first kappa shape index (κ1) is 9.38. The fourth-order valence-corrected chi connectivity index (χ4v) is 2.06. The Balaban J connectivity index is 3.09. The van der Waals surface area contributed by atoms with Gasteiger partial charge in [-0.1, -0.05) is 13.8 Å². The van der Waals surface area contributed by atoms with E-state index in [1.807, 2.05) is 13.8 Å². The third-order valence-electron chi connectivity index (χ3n) is 1.58. The summed E-state index contributed by atoms with van der Waals surface area (Å²) in [7, 11) is -3.15. The number of ether oxygens (including phenoxy) is 1. The first-order chi connectivity index (χ1) is 5.43. The molecule has 0 bridgehead atoms. The number of sulfone groups is 1. The smallest absolute Gasteiger partial charge is 0.193 e. The molecule has 0 atom stereocenters. The van der Waals surface area contributed by atoms with Crippen LogP contribution in [-0.2, 0) is 14.6 Å². The van der Waals surface area contributed by atoms with Crippen LogP contribution in [0, 0.1) is 5.92 Å². The quantitative estimate of drug-likeness (QED) is 0.688. The SMILES string of the molecule is CC(C)C1=C(S(C)(=O)=O)NCO1. The molecule has 0 aromatic carbocycles. The van der Waals surface area contributed by atoms with Crippen molar-refractivity contribution in [1.29, 1.82) is 0 Å². The number of rotatable bonds is 2. The highest BCUT2D eigenvalue weighted by molar-refractivity contribution is 7.94. The molecule has 1 aliphatic heterocycles. The highest BCUT2D eigenvalue weighted by Gasteiger charge is 2.25. The van der Waals surface area contributed by atoms with E-state index >= 15 is 0 Å². The monoisotopic (exact) mass is 191 g/mol. The highest BCUT2D eigenvalue weighted by atomic mass is 32.2. The summed E-state index contributed by atoms with van der Waals surface area (Å²) < 4.78 is 27.4.